The zero-order valence-corrected chi connectivity index (χ0v) is 21.5. The van der Waals surface area contributed by atoms with E-state index in [2.05, 4.69) is 9.88 Å². The molecule has 180 valence electrons. The van der Waals surface area contributed by atoms with Gasteiger partial charge in [-0.1, -0.05) is 47.6 Å². The number of aryl methyl sites for hydroxylation is 2. The molecule has 0 saturated heterocycles. The van der Waals surface area contributed by atoms with Crippen LogP contribution in [0, 0.1) is 6.92 Å². The Morgan fingerprint density at radius 1 is 1.26 bits per heavy atom. The van der Waals surface area contributed by atoms with Gasteiger partial charge in [0, 0.05) is 47.4 Å². The summed E-state index contributed by atoms with van der Waals surface area (Å²) < 4.78 is 7.68. The highest BCUT2D eigenvalue weighted by Gasteiger charge is 2.39. The van der Waals surface area contributed by atoms with Gasteiger partial charge in [0.25, 0.3) is 0 Å². The molecule has 0 aliphatic carbocycles. The molecule has 1 aliphatic heterocycles. The minimum atomic E-state index is -0.812. The molecule has 0 saturated carbocycles. The van der Waals surface area contributed by atoms with Gasteiger partial charge < -0.3 is 14.6 Å². The van der Waals surface area contributed by atoms with Crippen LogP contribution in [0.2, 0.25) is 5.02 Å². The number of halogens is 1. The molecule has 2 amide bonds. The van der Waals surface area contributed by atoms with Gasteiger partial charge >= 0.3 is 0 Å². The highest BCUT2D eigenvalue weighted by molar-refractivity contribution is 8.00. The summed E-state index contributed by atoms with van der Waals surface area (Å²) in [6.07, 6.45) is 0.838. The fourth-order valence-corrected chi connectivity index (χ4v) is 5.53. The Hall–Kier alpha value is -2.48. The topological polar surface area (TPSA) is 63.6 Å². The largest absolute Gasteiger partial charge is 0.379 e. The van der Waals surface area contributed by atoms with E-state index in [1.807, 2.05) is 64.2 Å². The number of fused-ring (bicyclic) bond motifs is 3. The molecule has 34 heavy (non-hydrogen) atoms. The van der Waals surface area contributed by atoms with E-state index in [9.17, 15) is 9.59 Å². The number of thioether (sulfide) groups is 1. The molecule has 0 spiro atoms. The van der Waals surface area contributed by atoms with Gasteiger partial charge in [-0.15, -0.1) is 0 Å². The van der Waals surface area contributed by atoms with Crippen molar-refractivity contribution in [2.45, 2.75) is 44.4 Å². The van der Waals surface area contributed by atoms with Gasteiger partial charge in [0.05, 0.1) is 16.9 Å². The Morgan fingerprint density at radius 2 is 2.03 bits per heavy atom. The fourth-order valence-electron chi connectivity index (χ4n) is 4.28. The maximum atomic E-state index is 13.7. The lowest BCUT2D eigenvalue weighted by Crippen LogP contribution is -2.44. The van der Waals surface area contributed by atoms with Crippen LogP contribution in [0.25, 0.3) is 10.9 Å². The van der Waals surface area contributed by atoms with Crippen molar-refractivity contribution in [2.75, 3.05) is 23.8 Å². The fraction of sp³-hybridized carbons (Fsp3) is 0.385. The summed E-state index contributed by atoms with van der Waals surface area (Å²) in [5, 5.41) is 5.51. The Bertz CT molecular complexity index is 1220. The first kappa shape index (κ1) is 24.6. The molecule has 6 nitrogen and oxygen atoms in total. The molecule has 1 atom stereocenters. The Labute approximate surface area is 209 Å². The second-order valence-corrected chi connectivity index (χ2v) is 10.1. The predicted octanol–water partition coefficient (Wildman–Crippen LogP) is 5.25. The molecule has 3 aromatic rings. The normalized spacial score (nSPS) is 16.1. The lowest BCUT2D eigenvalue weighted by atomic mass is 10.0. The van der Waals surface area contributed by atoms with Gasteiger partial charge in [-0.3, -0.25) is 14.5 Å². The Balaban J connectivity index is 1.78. The van der Waals surface area contributed by atoms with Gasteiger partial charge in [0.1, 0.15) is 6.04 Å². The average molecular weight is 500 g/mol. The molecule has 2 aromatic carbocycles. The van der Waals surface area contributed by atoms with Crippen molar-refractivity contribution < 1.29 is 14.3 Å². The standard InChI is InChI=1S/C26H30ClN3O3S/c1-16(2)33-13-7-12-28-25(32)24-23-19-8-5-6-9-21(19)29(4)26(23)34-15-22(31)30(24)18-11-10-17(3)20(27)14-18/h5-6,8-11,14,16,24H,7,12-13,15H2,1-4H3,(H,28,32)/t24-/m0/s1. The summed E-state index contributed by atoms with van der Waals surface area (Å²) in [6.45, 7) is 6.92. The summed E-state index contributed by atoms with van der Waals surface area (Å²) in [5.41, 5.74) is 3.41. The highest BCUT2D eigenvalue weighted by atomic mass is 35.5. The monoisotopic (exact) mass is 499 g/mol. The molecule has 0 unspecified atom stereocenters. The number of carbonyl (C=O) groups excluding carboxylic acids is 2. The quantitative estimate of drug-likeness (QED) is 0.451. The van der Waals surface area contributed by atoms with Crippen LogP contribution in [0.5, 0.6) is 0 Å². The van der Waals surface area contributed by atoms with E-state index < -0.39 is 6.04 Å². The number of hydrogen-bond acceptors (Lipinski definition) is 4. The number of para-hydroxylation sites is 1. The molecule has 0 fully saturated rings. The lowest BCUT2D eigenvalue weighted by molar-refractivity contribution is -0.125. The summed E-state index contributed by atoms with van der Waals surface area (Å²) in [4.78, 5) is 28.8. The van der Waals surface area contributed by atoms with Crippen LogP contribution in [-0.4, -0.2) is 41.4 Å². The van der Waals surface area contributed by atoms with Crippen molar-refractivity contribution in [3.8, 4) is 0 Å². The molecule has 1 N–H and O–H groups in total. The van der Waals surface area contributed by atoms with E-state index in [0.717, 1.165) is 27.1 Å². The van der Waals surface area contributed by atoms with E-state index in [1.54, 1.807) is 11.0 Å². The van der Waals surface area contributed by atoms with Crippen LogP contribution < -0.4 is 10.2 Å². The van der Waals surface area contributed by atoms with E-state index in [4.69, 9.17) is 16.3 Å². The number of rotatable bonds is 7. The first-order valence-corrected chi connectivity index (χ1v) is 12.8. The molecule has 8 heteroatoms. The third-order valence-electron chi connectivity index (χ3n) is 5.98. The molecular weight excluding hydrogens is 470 g/mol. The van der Waals surface area contributed by atoms with Crippen LogP contribution in [0.1, 0.15) is 37.4 Å². The van der Waals surface area contributed by atoms with Crippen molar-refractivity contribution in [2.24, 2.45) is 7.05 Å². The smallest absolute Gasteiger partial charge is 0.247 e. The van der Waals surface area contributed by atoms with Gasteiger partial charge in [-0.25, -0.2) is 0 Å². The number of benzene rings is 2. The lowest BCUT2D eigenvalue weighted by Gasteiger charge is -2.30. The summed E-state index contributed by atoms with van der Waals surface area (Å²) in [6, 6.07) is 12.7. The maximum absolute atomic E-state index is 13.7. The maximum Gasteiger partial charge on any atom is 0.247 e. The van der Waals surface area contributed by atoms with E-state index in [1.165, 1.54) is 11.8 Å². The van der Waals surface area contributed by atoms with Crippen LogP contribution >= 0.6 is 23.4 Å². The number of amides is 2. The number of nitrogens with one attached hydrogen (secondary N) is 1. The van der Waals surface area contributed by atoms with Crippen molar-refractivity contribution in [3.05, 3.63) is 58.6 Å². The Kier molecular flexibility index (Phi) is 7.55. The molecule has 1 aliphatic rings. The van der Waals surface area contributed by atoms with Crippen LogP contribution in [0.4, 0.5) is 5.69 Å². The minimum Gasteiger partial charge on any atom is -0.379 e. The van der Waals surface area contributed by atoms with Crippen LogP contribution in [-0.2, 0) is 21.4 Å². The third-order valence-corrected chi connectivity index (χ3v) is 7.54. The number of aromatic nitrogens is 1. The second-order valence-electron chi connectivity index (χ2n) is 8.75. The molecular formula is C26H30ClN3O3S. The number of carbonyl (C=O) groups is 2. The van der Waals surface area contributed by atoms with E-state index in [-0.39, 0.29) is 23.7 Å². The average Bonchev–Trinajstić information content (AvgIpc) is 2.98. The van der Waals surface area contributed by atoms with E-state index in [0.29, 0.717) is 30.3 Å². The SMILES string of the molecule is Cc1ccc(N2C(=O)CSc3c(c4ccccc4n3C)[C@H]2C(=O)NCCCOC(C)C)cc1Cl. The number of ether oxygens (including phenoxy) is 1. The van der Waals surface area contributed by atoms with Gasteiger partial charge in [0.2, 0.25) is 11.8 Å². The van der Waals surface area contributed by atoms with Gasteiger partial charge in [-0.2, -0.15) is 0 Å². The molecule has 0 radical (unpaired) electrons. The minimum absolute atomic E-state index is 0.131. The zero-order chi connectivity index (χ0) is 24.4. The first-order valence-electron chi connectivity index (χ1n) is 11.5. The molecule has 4 rings (SSSR count). The zero-order valence-electron chi connectivity index (χ0n) is 19.9. The summed E-state index contributed by atoms with van der Waals surface area (Å²) >= 11 is 7.90. The first-order chi connectivity index (χ1) is 16.3. The summed E-state index contributed by atoms with van der Waals surface area (Å²) in [7, 11) is 1.98. The van der Waals surface area contributed by atoms with Crippen molar-refractivity contribution >= 4 is 51.8 Å². The Morgan fingerprint density at radius 3 is 2.76 bits per heavy atom. The van der Waals surface area contributed by atoms with Crippen LogP contribution in [0.15, 0.2) is 47.5 Å². The van der Waals surface area contributed by atoms with Crippen molar-refractivity contribution in [1.82, 2.24) is 9.88 Å². The molecule has 2 heterocycles. The van der Waals surface area contributed by atoms with Crippen LogP contribution in [0.3, 0.4) is 0 Å². The summed E-state index contributed by atoms with van der Waals surface area (Å²) in [5.74, 6) is -0.113. The van der Waals surface area contributed by atoms with E-state index >= 15 is 0 Å². The van der Waals surface area contributed by atoms with Crippen molar-refractivity contribution in [1.29, 1.82) is 0 Å². The number of hydrogen-bond donors (Lipinski definition) is 1. The third kappa shape index (κ3) is 4.83. The van der Waals surface area contributed by atoms with Gasteiger partial charge in [-0.05, 0) is 51.0 Å². The van der Waals surface area contributed by atoms with Gasteiger partial charge in [0.15, 0.2) is 0 Å². The highest BCUT2D eigenvalue weighted by Crippen LogP contribution is 2.43. The van der Waals surface area contributed by atoms with Crippen molar-refractivity contribution in [3.63, 3.8) is 0 Å². The molecule has 1 aromatic heterocycles. The molecule has 0 bridgehead atoms. The second kappa shape index (κ2) is 10.4. The number of nitrogens with zero attached hydrogens (tertiary/aromatic N) is 2. The number of anilines is 1. The predicted molar refractivity (Wildman–Crippen MR) is 139 cm³/mol.